The van der Waals surface area contributed by atoms with E-state index < -0.39 is 17.7 Å². The number of hydrogen-bond donors (Lipinski definition) is 1. The topological polar surface area (TPSA) is 76.1 Å². The quantitative estimate of drug-likeness (QED) is 0.224. The summed E-state index contributed by atoms with van der Waals surface area (Å²) in [6.45, 7) is 7.26. The second kappa shape index (κ2) is 11.1. The van der Waals surface area contributed by atoms with Crippen molar-refractivity contribution in [3.63, 3.8) is 0 Å². The molecule has 0 aliphatic carbocycles. The summed E-state index contributed by atoms with van der Waals surface area (Å²) < 4.78 is 11.5. The zero-order valence-electron chi connectivity index (χ0n) is 20.8. The number of rotatable bonds is 9. The Bertz CT molecular complexity index is 1250. The molecule has 1 fully saturated rings. The van der Waals surface area contributed by atoms with Crippen LogP contribution in [0.25, 0.3) is 5.76 Å². The molecule has 1 N–H and O–H groups in total. The number of benzene rings is 3. The van der Waals surface area contributed by atoms with E-state index in [1.807, 2.05) is 43.3 Å². The number of ketones is 1. The first-order chi connectivity index (χ1) is 17.4. The molecular weight excluding hydrogens is 454 g/mol. The first kappa shape index (κ1) is 25.0. The Balaban J connectivity index is 1.78. The van der Waals surface area contributed by atoms with Gasteiger partial charge in [0.05, 0.1) is 24.8 Å². The van der Waals surface area contributed by atoms with Crippen LogP contribution in [0.2, 0.25) is 0 Å². The Morgan fingerprint density at radius 3 is 2.31 bits per heavy atom. The van der Waals surface area contributed by atoms with Crippen LogP contribution in [0.15, 0.2) is 84.4 Å². The average molecular weight is 486 g/mol. The van der Waals surface area contributed by atoms with Gasteiger partial charge in [0, 0.05) is 17.3 Å². The minimum atomic E-state index is -0.788. The van der Waals surface area contributed by atoms with Gasteiger partial charge in [-0.1, -0.05) is 57.2 Å². The van der Waals surface area contributed by atoms with Gasteiger partial charge >= 0.3 is 0 Å². The number of aliphatic hydroxyl groups excluding tert-OH is 1. The molecular formula is C30H31NO5. The molecule has 0 saturated carbocycles. The summed E-state index contributed by atoms with van der Waals surface area (Å²) in [6, 6.07) is 22.5. The van der Waals surface area contributed by atoms with Crippen LogP contribution in [-0.2, 0) is 9.59 Å². The van der Waals surface area contributed by atoms with E-state index in [-0.39, 0.29) is 11.3 Å². The van der Waals surface area contributed by atoms with E-state index in [9.17, 15) is 14.7 Å². The van der Waals surface area contributed by atoms with Gasteiger partial charge in [-0.3, -0.25) is 14.5 Å². The zero-order chi connectivity index (χ0) is 25.7. The highest BCUT2D eigenvalue weighted by atomic mass is 16.5. The Kier molecular flexibility index (Phi) is 7.74. The molecule has 1 atom stereocenters. The maximum Gasteiger partial charge on any atom is 0.300 e. The van der Waals surface area contributed by atoms with Crippen molar-refractivity contribution in [3.05, 3.63) is 95.6 Å². The van der Waals surface area contributed by atoms with Gasteiger partial charge in [-0.05, 0) is 54.3 Å². The van der Waals surface area contributed by atoms with Crippen LogP contribution < -0.4 is 14.4 Å². The lowest BCUT2D eigenvalue weighted by atomic mass is 9.95. The molecule has 0 aromatic heterocycles. The number of amides is 1. The normalized spacial score (nSPS) is 17.0. The molecule has 6 nitrogen and oxygen atoms in total. The average Bonchev–Trinajstić information content (AvgIpc) is 3.17. The number of aliphatic hydroxyl groups is 1. The minimum Gasteiger partial charge on any atom is -0.507 e. The van der Waals surface area contributed by atoms with Gasteiger partial charge in [0.15, 0.2) is 0 Å². The van der Waals surface area contributed by atoms with Gasteiger partial charge in [0.1, 0.15) is 17.3 Å². The van der Waals surface area contributed by atoms with Crippen molar-refractivity contribution in [2.45, 2.75) is 33.2 Å². The van der Waals surface area contributed by atoms with Crippen molar-refractivity contribution >= 4 is 23.1 Å². The first-order valence-corrected chi connectivity index (χ1v) is 12.2. The van der Waals surface area contributed by atoms with E-state index in [1.165, 1.54) is 4.90 Å². The van der Waals surface area contributed by atoms with Crippen LogP contribution in [-0.4, -0.2) is 30.0 Å². The molecule has 0 radical (unpaired) electrons. The van der Waals surface area contributed by atoms with Crippen LogP contribution in [0, 0.1) is 5.92 Å². The van der Waals surface area contributed by atoms with Gasteiger partial charge < -0.3 is 14.6 Å². The van der Waals surface area contributed by atoms with E-state index in [2.05, 4.69) is 13.8 Å². The molecule has 1 unspecified atom stereocenters. The summed E-state index contributed by atoms with van der Waals surface area (Å²) in [5.74, 6) is 0.00450. The lowest BCUT2D eigenvalue weighted by molar-refractivity contribution is -0.132. The first-order valence-electron chi connectivity index (χ1n) is 12.2. The summed E-state index contributed by atoms with van der Waals surface area (Å²) in [4.78, 5) is 28.1. The van der Waals surface area contributed by atoms with E-state index >= 15 is 0 Å². The SMILES string of the molecule is CCCOc1cccc(N2C(=O)C(=O)/C(=C(/O)c3ccc(OCC(C)C)cc3)C2c2ccccc2)c1. The maximum atomic E-state index is 13.3. The van der Waals surface area contributed by atoms with E-state index in [0.29, 0.717) is 41.9 Å². The van der Waals surface area contributed by atoms with Gasteiger partial charge in [0.2, 0.25) is 0 Å². The van der Waals surface area contributed by atoms with E-state index in [0.717, 1.165) is 12.0 Å². The molecule has 1 amide bonds. The van der Waals surface area contributed by atoms with Crippen molar-refractivity contribution in [3.8, 4) is 11.5 Å². The van der Waals surface area contributed by atoms with Crippen molar-refractivity contribution in [2.24, 2.45) is 5.92 Å². The van der Waals surface area contributed by atoms with Crippen LogP contribution in [0.1, 0.15) is 44.4 Å². The molecule has 3 aromatic carbocycles. The van der Waals surface area contributed by atoms with Crippen LogP contribution in [0.3, 0.4) is 0 Å². The highest BCUT2D eigenvalue weighted by Gasteiger charge is 2.47. The van der Waals surface area contributed by atoms with E-state index in [4.69, 9.17) is 9.47 Å². The van der Waals surface area contributed by atoms with Gasteiger partial charge in [0.25, 0.3) is 11.7 Å². The molecule has 4 rings (SSSR count). The Hall–Kier alpha value is -4.06. The second-order valence-corrected chi connectivity index (χ2v) is 9.15. The summed E-state index contributed by atoms with van der Waals surface area (Å²) in [5, 5.41) is 11.3. The maximum absolute atomic E-state index is 13.3. The predicted molar refractivity (Wildman–Crippen MR) is 140 cm³/mol. The van der Waals surface area contributed by atoms with Gasteiger partial charge in [-0.25, -0.2) is 0 Å². The lowest BCUT2D eigenvalue weighted by Crippen LogP contribution is -2.29. The number of carbonyl (C=O) groups is 2. The fourth-order valence-electron chi connectivity index (χ4n) is 4.12. The number of hydrogen-bond acceptors (Lipinski definition) is 5. The third-order valence-electron chi connectivity index (χ3n) is 5.84. The van der Waals surface area contributed by atoms with Gasteiger partial charge in [-0.2, -0.15) is 0 Å². The molecule has 1 saturated heterocycles. The van der Waals surface area contributed by atoms with Crippen molar-refractivity contribution in [1.29, 1.82) is 0 Å². The van der Waals surface area contributed by atoms with Gasteiger partial charge in [-0.15, -0.1) is 0 Å². The summed E-state index contributed by atoms with van der Waals surface area (Å²) in [5.41, 5.74) is 1.72. The monoisotopic (exact) mass is 485 g/mol. The number of carbonyl (C=O) groups excluding carboxylic acids is 2. The molecule has 3 aromatic rings. The van der Waals surface area contributed by atoms with Crippen LogP contribution in [0.5, 0.6) is 11.5 Å². The summed E-state index contributed by atoms with van der Waals surface area (Å²) in [6.07, 6.45) is 0.847. The molecule has 1 aliphatic rings. The predicted octanol–water partition coefficient (Wildman–Crippen LogP) is 6.14. The summed E-state index contributed by atoms with van der Waals surface area (Å²) >= 11 is 0. The second-order valence-electron chi connectivity index (χ2n) is 9.15. The summed E-state index contributed by atoms with van der Waals surface area (Å²) in [7, 11) is 0. The Morgan fingerprint density at radius 2 is 1.64 bits per heavy atom. The highest BCUT2D eigenvalue weighted by molar-refractivity contribution is 6.51. The number of nitrogens with zero attached hydrogens (tertiary/aromatic N) is 1. The minimum absolute atomic E-state index is 0.0435. The number of Topliss-reactive ketones (excluding diaryl/α,β-unsaturated/α-hetero) is 1. The lowest BCUT2D eigenvalue weighted by Gasteiger charge is -2.25. The molecule has 1 heterocycles. The van der Waals surface area contributed by atoms with Crippen LogP contribution >= 0.6 is 0 Å². The number of ether oxygens (including phenoxy) is 2. The molecule has 1 aliphatic heterocycles. The van der Waals surface area contributed by atoms with Crippen molar-refractivity contribution in [2.75, 3.05) is 18.1 Å². The third-order valence-corrected chi connectivity index (χ3v) is 5.84. The molecule has 0 bridgehead atoms. The molecule has 6 heteroatoms. The fraction of sp³-hybridized carbons (Fsp3) is 0.267. The van der Waals surface area contributed by atoms with Crippen LogP contribution in [0.4, 0.5) is 5.69 Å². The number of anilines is 1. The fourth-order valence-corrected chi connectivity index (χ4v) is 4.12. The van der Waals surface area contributed by atoms with Crippen molar-refractivity contribution in [1.82, 2.24) is 0 Å². The molecule has 36 heavy (non-hydrogen) atoms. The highest BCUT2D eigenvalue weighted by Crippen LogP contribution is 2.42. The zero-order valence-corrected chi connectivity index (χ0v) is 20.8. The Labute approximate surface area is 211 Å². The molecule has 0 spiro atoms. The standard InChI is InChI=1S/C30H31NO5/c1-4-17-35-25-12-8-11-23(18-25)31-27(21-9-6-5-7-10-21)26(29(33)30(31)34)28(32)22-13-15-24(16-14-22)36-19-20(2)3/h5-16,18,20,27,32H,4,17,19H2,1-3H3/b28-26+. The Morgan fingerprint density at radius 1 is 0.917 bits per heavy atom. The van der Waals surface area contributed by atoms with Crippen molar-refractivity contribution < 1.29 is 24.2 Å². The molecule has 186 valence electrons. The smallest absolute Gasteiger partial charge is 0.300 e. The van der Waals surface area contributed by atoms with E-state index in [1.54, 1.807) is 42.5 Å². The third kappa shape index (κ3) is 5.28. The largest absolute Gasteiger partial charge is 0.507 e.